The first-order valence-corrected chi connectivity index (χ1v) is 4.60. The predicted octanol–water partition coefficient (Wildman–Crippen LogP) is 0.0110. The molecule has 0 atom stereocenters. The Morgan fingerprint density at radius 2 is 2.36 bits per heavy atom. The summed E-state index contributed by atoms with van der Waals surface area (Å²) in [6.45, 7) is 4.52. The van der Waals surface area contributed by atoms with Gasteiger partial charge in [0, 0.05) is 31.8 Å². The van der Waals surface area contributed by atoms with Crippen LogP contribution in [0.25, 0.3) is 0 Å². The molecule has 1 rings (SSSR count). The first kappa shape index (κ1) is 10.6. The van der Waals surface area contributed by atoms with Crippen molar-refractivity contribution in [1.82, 2.24) is 15.1 Å². The van der Waals surface area contributed by atoms with E-state index >= 15 is 0 Å². The molecule has 0 spiro atoms. The molecule has 0 radical (unpaired) electrons. The highest BCUT2D eigenvalue weighted by Crippen LogP contribution is 1.88. The number of hydrogen-bond acceptors (Lipinski definition) is 2. The lowest BCUT2D eigenvalue weighted by atomic mass is 10.4. The molecule has 0 bridgehead atoms. The van der Waals surface area contributed by atoms with Crippen LogP contribution in [0.5, 0.6) is 0 Å². The molecule has 1 aromatic heterocycles. The van der Waals surface area contributed by atoms with Gasteiger partial charge < -0.3 is 10.4 Å². The first-order valence-electron chi connectivity index (χ1n) is 4.60. The van der Waals surface area contributed by atoms with E-state index in [0.717, 1.165) is 12.1 Å². The number of nitrogens with one attached hydrogen (secondary N) is 2. The van der Waals surface area contributed by atoms with E-state index in [1.807, 2.05) is 6.92 Å². The van der Waals surface area contributed by atoms with Gasteiger partial charge >= 0.3 is 0 Å². The van der Waals surface area contributed by atoms with E-state index in [2.05, 4.69) is 10.4 Å². The van der Waals surface area contributed by atoms with Crippen LogP contribution in [-0.4, -0.2) is 22.2 Å². The molecule has 0 saturated carbocycles. The van der Waals surface area contributed by atoms with Gasteiger partial charge in [0.25, 0.3) is 5.56 Å². The Hall–Kier alpha value is -1.52. The van der Waals surface area contributed by atoms with Crippen LogP contribution in [0.2, 0.25) is 0 Å². The highest BCUT2D eigenvalue weighted by atomic mass is 16.1. The molecule has 0 fully saturated rings. The minimum atomic E-state index is -0.0417. The zero-order valence-corrected chi connectivity index (χ0v) is 8.46. The molecular formula is C9H15N3O2. The first-order chi connectivity index (χ1) is 6.59. The van der Waals surface area contributed by atoms with Crippen molar-refractivity contribution in [3.05, 3.63) is 22.1 Å². The fraction of sp³-hybridized carbons (Fsp3) is 0.556. The highest BCUT2D eigenvalue weighted by Gasteiger charge is 1.98. The number of H-pyrrole nitrogens is 1. The molecule has 1 amide bonds. The molecule has 0 aliphatic carbocycles. The lowest BCUT2D eigenvalue weighted by molar-refractivity contribution is -0.118. The molecule has 1 aromatic rings. The summed E-state index contributed by atoms with van der Waals surface area (Å²) in [6.07, 6.45) is 0.749. The van der Waals surface area contributed by atoms with Crippen LogP contribution in [-0.2, 0) is 11.3 Å². The lowest BCUT2D eigenvalue weighted by Gasteiger charge is -2.02. The number of aromatic nitrogens is 2. The number of aromatic amines is 1. The van der Waals surface area contributed by atoms with Crippen LogP contribution in [0.1, 0.15) is 19.0 Å². The number of nitrogens with zero attached hydrogens (tertiary/aromatic N) is 1. The number of carbonyl (C=O) groups excluding carboxylic acids is 1. The van der Waals surface area contributed by atoms with E-state index in [-0.39, 0.29) is 11.5 Å². The highest BCUT2D eigenvalue weighted by molar-refractivity contribution is 5.72. The molecule has 0 aliphatic rings. The third kappa shape index (κ3) is 3.08. The fourth-order valence-corrected chi connectivity index (χ4v) is 1.23. The Morgan fingerprint density at radius 3 is 2.86 bits per heavy atom. The van der Waals surface area contributed by atoms with Gasteiger partial charge in [0.05, 0.1) is 0 Å². The van der Waals surface area contributed by atoms with Crippen molar-refractivity contribution in [2.24, 2.45) is 0 Å². The molecule has 0 aliphatic heterocycles. The van der Waals surface area contributed by atoms with E-state index in [0.29, 0.717) is 13.1 Å². The van der Waals surface area contributed by atoms with Gasteiger partial charge in [0.2, 0.25) is 5.91 Å². The van der Waals surface area contributed by atoms with Crippen LogP contribution in [0, 0.1) is 6.92 Å². The molecule has 0 saturated heterocycles. The quantitative estimate of drug-likeness (QED) is 0.668. The Kier molecular flexibility index (Phi) is 3.50. The Labute approximate surface area is 82.1 Å². The van der Waals surface area contributed by atoms with Crippen molar-refractivity contribution in [2.45, 2.75) is 26.8 Å². The number of amides is 1. The van der Waals surface area contributed by atoms with Crippen molar-refractivity contribution in [3.8, 4) is 0 Å². The minimum Gasteiger partial charge on any atom is -0.356 e. The third-order valence-electron chi connectivity index (χ3n) is 1.85. The van der Waals surface area contributed by atoms with Gasteiger partial charge in [-0.15, -0.1) is 0 Å². The molecule has 5 heteroatoms. The molecule has 2 N–H and O–H groups in total. The third-order valence-corrected chi connectivity index (χ3v) is 1.85. The molecule has 78 valence electrons. The summed E-state index contributed by atoms with van der Waals surface area (Å²) in [4.78, 5) is 21.8. The largest absolute Gasteiger partial charge is 0.356 e. The monoisotopic (exact) mass is 197 g/mol. The van der Waals surface area contributed by atoms with Crippen LogP contribution >= 0.6 is 0 Å². The second kappa shape index (κ2) is 4.64. The predicted molar refractivity (Wildman–Crippen MR) is 53.1 cm³/mol. The minimum absolute atomic E-state index is 0.0228. The molecule has 0 aromatic carbocycles. The Morgan fingerprint density at radius 1 is 1.64 bits per heavy atom. The van der Waals surface area contributed by atoms with E-state index in [1.165, 1.54) is 11.6 Å². The van der Waals surface area contributed by atoms with Crippen molar-refractivity contribution in [3.63, 3.8) is 0 Å². The average molecular weight is 197 g/mol. The SMILES string of the molecule is CC(=O)NCCCn1[nH]c(C)cc1=O. The summed E-state index contributed by atoms with van der Waals surface area (Å²) >= 11 is 0. The molecular weight excluding hydrogens is 182 g/mol. The van der Waals surface area contributed by atoms with E-state index in [9.17, 15) is 9.59 Å². The van der Waals surface area contributed by atoms with Crippen LogP contribution < -0.4 is 10.9 Å². The second-order valence-electron chi connectivity index (χ2n) is 3.27. The van der Waals surface area contributed by atoms with E-state index < -0.39 is 0 Å². The van der Waals surface area contributed by atoms with Crippen LogP contribution in [0.3, 0.4) is 0 Å². The summed E-state index contributed by atoms with van der Waals surface area (Å²) in [5, 5.41) is 5.60. The number of aryl methyl sites for hydroxylation is 2. The van der Waals surface area contributed by atoms with Gasteiger partial charge in [-0.2, -0.15) is 0 Å². The summed E-state index contributed by atoms with van der Waals surface area (Å²) in [5.41, 5.74) is 0.833. The van der Waals surface area contributed by atoms with Crippen molar-refractivity contribution < 1.29 is 4.79 Å². The standard InChI is InChI=1S/C9H15N3O2/c1-7-6-9(14)12(11-7)5-3-4-10-8(2)13/h6,11H,3-5H2,1-2H3,(H,10,13). The van der Waals surface area contributed by atoms with Gasteiger partial charge in [-0.05, 0) is 13.3 Å². The van der Waals surface area contributed by atoms with E-state index in [1.54, 1.807) is 6.07 Å². The maximum atomic E-state index is 11.2. The average Bonchev–Trinajstić information content (AvgIpc) is 2.39. The fourth-order valence-electron chi connectivity index (χ4n) is 1.23. The van der Waals surface area contributed by atoms with Crippen LogP contribution in [0.15, 0.2) is 10.9 Å². The normalized spacial score (nSPS) is 10.1. The van der Waals surface area contributed by atoms with Crippen molar-refractivity contribution in [2.75, 3.05) is 6.54 Å². The topological polar surface area (TPSA) is 66.9 Å². The smallest absolute Gasteiger partial charge is 0.266 e. The molecule has 5 nitrogen and oxygen atoms in total. The van der Waals surface area contributed by atoms with Gasteiger partial charge in [-0.25, -0.2) is 0 Å². The summed E-state index contributed by atoms with van der Waals surface area (Å²) in [6, 6.07) is 1.55. The lowest BCUT2D eigenvalue weighted by Crippen LogP contribution is -2.24. The Bertz CT molecular complexity index is 364. The maximum absolute atomic E-state index is 11.2. The summed E-state index contributed by atoms with van der Waals surface area (Å²) < 4.78 is 1.54. The van der Waals surface area contributed by atoms with Crippen molar-refractivity contribution >= 4 is 5.91 Å². The second-order valence-corrected chi connectivity index (χ2v) is 3.27. The van der Waals surface area contributed by atoms with Gasteiger partial charge in [-0.3, -0.25) is 14.3 Å². The summed E-state index contributed by atoms with van der Waals surface area (Å²) in [5.74, 6) is -0.0417. The molecule has 0 unspecified atom stereocenters. The maximum Gasteiger partial charge on any atom is 0.266 e. The van der Waals surface area contributed by atoms with Gasteiger partial charge in [-0.1, -0.05) is 0 Å². The van der Waals surface area contributed by atoms with Crippen molar-refractivity contribution in [1.29, 1.82) is 0 Å². The van der Waals surface area contributed by atoms with Crippen LogP contribution in [0.4, 0.5) is 0 Å². The number of hydrogen-bond donors (Lipinski definition) is 2. The van der Waals surface area contributed by atoms with E-state index in [4.69, 9.17) is 0 Å². The molecule has 14 heavy (non-hydrogen) atoms. The summed E-state index contributed by atoms with van der Waals surface area (Å²) in [7, 11) is 0. The Balaban J connectivity index is 2.35. The number of carbonyl (C=O) groups is 1. The van der Waals surface area contributed by atoms with Gasteiger partial charge in [0.15, 0.2) is 0 Å². The van der Waals surface area contributed by atoms with Gasteiger partial charge in [0.1, 0.15) is 0 Å². The zero-order valence-electron chi connectivity index (χ0n) is 8.46. The zero-order chi connectivity index (χ0) is 10.6. The number of rotatable bonds is 4. The molecule has 1 heterocycles.